The molecule has 0 heterocycles. The van der Waals surface area contributed by atoms with Crippen LogP contribution in [0, 0.1) is 0 Å². The van der Waals surface area contributed by atoms with Crippen molar-refractivity contribution in [3.05, 3.63) is 89.0 Å². The van der Waals surface area contributed by atoms with E-state index in [4.69, 9.17) is 19.0 Å². The van der Waals surface area contributed by atoms with Crippen molar-refractivity contribution in [2.75, 3.05) is 14.2 Å². The van der Waals surface area contributed by atoms with E-state index in [2.05, 4.69) is 5.16 Å². The standard InChI is InChI=1S/C25H25NO5/c1-18(27)21-10-12-23(28-2)22(14-21)17-31-26-15-20-9-11-24(25(13-20)29-3)30-16-19-7-5-4-6-8-19/h4-15H,16-17H2,1-3H3/b26-15+. The summed E-state index contributed by atoms with van der Waals surface area (Å²) in [5, 5.41) is 4.02. The molecule has 0 atom stereocenters. The van der Waals surface area contributed by atoms with Crippen molar-refractivity contribution in [2.24, 2.45) is 5.16 Å². The molecule has 160 valence electrons. The Morgan fingerprint density at radius 2 is 1.61 bits per heavy atom. The Morgan fingerprint density at radius 3 is 2.32 bits per heavy atom. The molecule has 0 fully saturated rings. The highest BCUT2D eigenvalue weighted by molar-refractivity contribution is 5.94. The lowest BCUT2D eigenvalue weighted by Crippen LogP contribution is -1.99. The van der Waals surface area contributed by atoms with Crippen LogP contribution in [0.25, 0.3) is 0 Å². The smallest absolute Gasteiger partial charge is 0.161 e. The Hall–Kier alpha value is -3.80. The number of carbonyl (C=O) groups is 1. The van der Waals surface area contributed by atoms with Gasteiger partial charge < -0.3 is 19.0 Å². The van der Waals surface area contributed by atoms with E-state index in [-0.39, 0.29) is 12.4 Å². The molecule has 3 aromatic carbocycles. The van der Waals surface area contributed by atoms with Gasteiger partial charge in [0.25, 0.3) is 0 Å². The van der Waals surface area contributed by atoms with Crippen LogP contribution in [0.3, 0.4) is 0 Å². The van der Waals surface area contributed by atoms with Crippen molar-refractivity contribution < 1.29 is 23.8 Å². The van der Waals surface area contributed by atoms with Gasteiger partial charge in [-0.05, 0) is 48.9 Å². The number of methoxy groups -OCH3 is 2. The van der Waals surface area contributed by atoms with Crippen LogP contribution in [-0.2, 0) is 18.1 Å². The van der Waals surface area contributed by atoms with E-state index < -0.39 is 0 Å². The molecule has 3 aromatic rings. The SMILES string of the molecule is COc1ccc(C(C)=O)cc1CO/N=C/c1ccc(OCc2ccccc2)c(OC)c1. The summed E-state index contributed by atoms with van der Waals surface area (Å²) in [6, 6.07) is 20.7. The first-order valence-corrected chi connectivity index (χ1v) is 9.78. The lowest BCUT2D eigenvalue weighted by atomic mass is 10.1. The first-order chi connectivity index (χ1) is 15.1. The van der Waals surface area contributed by atoms with Gasteiger partial charge in [-0.15, -0.1) is 0 Å². The topological polar surface area (TPSA) is 66.4 Å². The molecule has 0 aliphatic carbocycles. The van der Waals surface area contributed by atoms with Gasteiger partial charge in [0.05, 0.1) is 20.4 Å². The molecule has 0 saturated carbocycles. The highest BCUT2D eigenvalue weighted by Gasteiger charge is 2.08. The number of ketones is 1. The Labute approximate surface area is 182 Å². The third-order valence-corrected chi connectivity index (χ3v) is 4.61. The van der Waals surface area contributed by atoms with Gasteiger partial charge in [-0.2, -0.15) is 0 Å². The normalized spacial score (nSPS) is 10.7. The number of oxime groups is 1. The minimum atomic E-state index is -0.0194. The molecular weight excluding hydrogens is 394 g/mol. The van der Waals surface area contributed by atoms with Gasteiger partial charge in [0.2, 0.25) is 0 Å². The number of rotatable bonds is 10. The van der Waals surface area contributed by atoms with Gasteiger partial charge >= 0.3 is 0 Å². The minimum Gasteiger partial charge on any atom is -0.496 e. The van der Waals surface area contributed by atoms with Crippen molar-refractivity contribution in [1.82, 2.24) is 0 Å². The summed E-state index contributed by atoms with van der Waals surface area (Å²) in [7, 11) is 3.17. The maximum atomic E-state index is 11.6. The summed E-state index contributed by atoms with van der Waals surface area (Å²) in [6.07, 6.45) is 1.59. The predicted octanol–water partition coefficient (Wildman–Crippen LogP) is 5.04. The summed E-state index contributed by atoms with van der Waals surface area (Å²) in [6.45, 7) is 2.15. The third-order valence-electron chi connectivity index (χ3n) is 4.61. The monoisotopic (exact) mass is 419 g/mol. The van der Waals surface area contributed by atoms with E-state index in [0.717, 1.165) is 16.7 Å². The van der Waals surface area contributed by atoms with Crippen molar-refractivity contribution in [2.45, 2.75) is 20.1 Å². The maximum Gasteiger partial charge on any atom is 0.161 e. The fraction of sp³-hybridized carbons (Fsp3) is 0.200. The molecule has 0 amide bonds. The number of benzene rings is 3. The number of Topliss-reactive ketones (excluding diaryl/α,β-unsaturated/α-hetero) is 1. The van der Waals surface area contributed by atoms with E-state index in [1.165, 1.54) is 6.92 Å². The van der Waals surface area contributed by atoms with Gasteiger partial charge in [0, 0.05) is 16.7 Å². The molecule has 0 saturated heterocycles. The van der Waals surface area contributed by atoms with Gasteiger partial charge in [-0.3, -0.25) is 4.79 Å². The van der Waals surface area contributed by atoms with E-state index in [0.29, 0.717) is 29.4 Å². The average Bonchev–Trinajstić information content (AvgIpc) is 2.81. The summed E-state index contributed by atoms with van der Waals surface area (Å²) in [4.78, 5) is 17.0. The fourth-order valence-electron chi connectivity index (χ4n) is 2.93. The molecule has 0 N–H and O–H groups in total. The lowest BCUT2D eigenvalue weighted by Gasteiger charge is -2.11. The number of nitrogens with zero attached hydrogens (tertiary/aromatic N) is 1. The van der Waals surface area contributed by atoms with E-state index in [1.54, 1.807) is 38.6 Å². The summed E-state index contributed by atoms with van der Waals surface area (Å²) in [5.74, 6) is 1.88. The number of ether oxygens (including phenoxy) is 3. The van der Waals surface area contributed by atoms with Gasteiger partial charge in [-0.1, -0.05) is 35.5 Å². The molecular formula is C25H25NO5. The molecule has 6 nitrogen and oxygen atoms in total. The van der Waals surface area contributed by atoms with Crippen LogP contribution in [0.1, 0.15) is 34.0 Å². The third kappa shape index (κ3) is 6.09. The second-order valence-electron chi connectivity index (χ2n) is 6.78. The second kappa shape index (κ2) is 10.8. The second-order valence-corrected chi connectivity index (χ2v) is 6.78. The van der Waals surface area contributed by atoms with Crippen LogP contribution in [0.15, 0.2) is 71.9 Å². The number of hydrogen-bond donors (Lipinski definition) is 0. The van der Waals surface area contributed by atoms with Gasteiger partial charge in [-0.25, -0.2) is 0 Å². The van der Waals surface area contributed by atoms with E-state index in [1.807, 2.05) is 48.5 Å². The minimum absolute atomic E-state index is 0.0194. The van der Waals surface area contributed by atoms with Crippen LogP contribution in [0.4, 0.5) is 0 Å². The van der Waals surface area contributed by atoms with Crippen LogP contribution in [-0.4, -0.2) is 26.2 Å². The highest BCUT2D eigenvalue weighted by Crippen LogP contribution is 2.28. The van der Waals surface area contributed by atoms with Gasteiger partial charge in [0.15, 0.2) is 17.3 Å². The summed E-state index contributed by atoms with van der Waals surface area (Å²) < 4.78 is 16.6. The van der Waals surface area contributed by atoms with E-state index >= 15 is 0 Å². The van der Waals surface area contributed by atoms with Crippen molar-refractivity contribution in [1.29, 1.82) is 0 Å². The van der Waals surface area contributed by atoms with Crippen LogP contribution >= 0.6 is 0 Å². The lowest BCUT2D eigenvalue weighted by molar-refractivity contribution is 0.101. The van der Waals surface area contributed by atoms with Crippen LogP contribution in [0.5, 0.6) is 17.2 Å². The van der Waals surface area contributed by atoms with Crippen molar-refractivity contribution in [3.8, 4) is 17.2 Å². The Bertz CT molecular complexity index is 1050. The Balaban J connectivity index is 1.62. The first-order valence-electron chi connectivity index (χ1n) is 9.78. The molecule has 0 bridgehead atoms. The van der Waals surface area contributed by atoms with Crippen molar-refractivity contribution >= 4 is 12.0 Å². The molecule has 31 heavy (non-hydrogen) atoms. The maximum absolute atomic E-state index is 11.6. The first kappa shape index (κ1) is 21.9. The molecule has 0 aromatic heterocycles. The summed E-state index contributed by atoms with van der Waals surface area (Å²) in [5.41, 5.74) is 3.22. The Morgan fingerprint density at radius 1 is 0.871 bits per heavy atom. The molecule has 6 heteroatoms. The van der Waals surface area contributed by atoms with Gasteiger partial charge in [0.1, 0.15) is 19.0 Å². The average molecular weight is 419 g/mol. The molecule has 0 radical (unpaired) electrons. The molecule has 0 spiro atoms. The quantitative estimate of drug-likeness (QED) is 0.262. The number of carbonyl (C=O) groups excluding carboxylic acids is 1. The summed E-state index contributed by atoms with van der Waals surface area (Å²) >= 11 is 0. The largest absolute Gasteiger partial charge is 0.496 e. The zero-order valence-corrected chi connectivity index (χ0v) is 17.8. The molecule has 0 aliphatic heterocycles. The Kier molecular flexibility index (Phi) is 7.65. The number of hydrogen-bond acceptors (Lipinski definition) is 6. The zero-order chi connectivity index (χ0) is 22.1. The molecule has 3 rings (SSSR count). The highest BCUT2D eigenvalue weighted by atomic mass is 16.6. The zero-order valence-electron chi connectivity index (χ0n) is 17.8. The molecule has 0 aliphatic rings. The predicted molar refractivity (Wildman–Crippen MR) is 119 cm³/mol. The van der Waals surface area contributed by atoms with E-state index in [9.17, 15) is 4.79 Å². The van der Waals surface area contributed by atoms with Crippen LogP contribution < -0.4 is 14.2 Å². The molecule has 0 unspecified atom stereocenters. The van der Waals surface area contributed by atoms with Crippen LogP contribution in [0.2, 0.25) is 0 Å². The fourth-order valence-corrected chi connectivity index (χ4v) is 2.93. The van der Waals surface area contributed by atoms with Crippen molar-refractivity contribution in [3.63, 3.8) is 0 Å².